The highest BCUT2D eigenvalue weighted by Crippen LogP contribution is 2.24. The average Bonchev–Trinajstić information content (AvgIpc) is 2.96. The second-order valence-electron chi connectivity index (χ2n) is 4.76. The first-order valence-corrected chi connectivity index (χ1v) is 6.95. The van der Waals surface area contributed by atoms with E-state index in [1.165, 1.54) is 0 Å². The molecule has 1 amide bonds. The first kappa shape index (κ1) is 15.1. The highest BCUT2D eigenvalue weighted by Gasteiger charge is 2.07. The van der Waals surface area contributed by atoms with Crippen molar-refractivity contribution in [2.75, 3.05) is 10.6 Å². The molecule has 0 aliphatic carbocycles. The number of benzene rings is 1. The lowest BCUT2D eigenvalue weighted by atomic mass is 10.1. The zero-order valence-electron chi connectivity index (χ0n) is 12.3. The predicted octanol–water partition coefficient (Wildman–Crippen LogP) is 3.04. The minimum atomic E-state index is -0.0996. The average molecular weight is 288 g/mol. The number of hydrogen-bond acceptors (Lipinski definition) is 4. The van der Waals surface area contributed by atoms with Gasteiger partial charge in [0.2, 0.25) is 5.91 Å². The summed E-state index contributed by atoms with van der Waals surface area (Å²) in [6.07, 6.45) is 0.452. The van der Waals surface area contributed by atoms with Gasteiger partial charge in [0.15, 0.2) is 0 Å². The van der Waals surface area contributed by atoms with Gasteiger partial charge >= 0.3 is 0 Å². The van der Waals surface area contributed by atoms with Crippen LogP contribution in [0.3, 0.4) is 0 Å². The first-order valence-electron chi connectivity index (χ1n) is 6.95. The van der Waals surface area contributed by atoms with Crippen LogP contribution in [-0.4, -0.2) is 11.0 Å². The summed E-state index contributed by atoms with van der Waals surface area (Å²) >= 11 is 0. The van der Waals surface area contributed by atoms with Crippen molar-refractivity contribution in [3.63, 3.8) is 0 Å². The van der Waals surface area contributed by atoms with Crippen LogP contribution in [0.2, 0.25) is 0 Å². The molecule has 5 heteroatoms. The van der Waals surface area contributed by atoms with Gasteiger partial charge in [-0.15, -0.1) is 0 Å². The van der Waals surface area contributed by atoms with Crippen molar-refractivity contribution in [3.05, 3.63) is 47.4 Å². The molecule has 0 spiro atoms. The van der Waals surface area contributed by atoms with E-state index in [-0.39, 0.29) is 12.5 Å². The van der Waals surface area contributed by atoms with Gasteiger partial charge in [0.25, 0.3) is 0 Å². The van der Waals surface area contributed by atoms with Crippen molar-refractivity contribution in [2.45, 2.75) is 33.4 Å². The molecule has 1 aromatic carbocycles. The van der Waals surface area contributed by atoms with Crippen LogP contribution >= 0.6 is 0 Å². The summed E-state index contributed by atoms with van der Waals surface area (Å²) in [6, 6.07) is 9.30. The predicted molar refractivity (Wildman–Crippen MR) is 82.1 cm³/mol. The third-order valence-corrected chi connectivity index (χ3v) is 3.26. The van der Waals surface area contributed by atoms with Gasteiger partial charge < -0.3 is 20.2 Å². The number of hydrogen-bond donors (Lipinski definition) is 3. The monoisotopic (exact) mass is 288 g/mol. The Bertz CT molecular complexity index is 620. The van der Waals surface area contributed by atoms with E-state index in [4.69, 9.17) is 9.52 Å². The highest BCUT2D eigenvalue weighted by atomic mass is 16.4. The first-order chi connectivity index (χ1) is 10.1. The number of furan rings is 1. The van der Waals surface area contributed by atoms with Gasteiger partial charge in [-0.3, -0.25) is 4.79 Å². The van der Waals surface area contributed by atoms with Gasteiger partial charge in [0.1, 0.15) is 18.1 Å². The molecule has 1 heterocycles. The minimum Gasteiger partial charge on any atom is -0.462 e. The number of anilines is 2. The van der Waals surface area contributed by atoms with Crippen molar-refractivity contribution in [3.8, 4) is 0 Å². The molecular formula is C16H20N2O3. The number of nitrogens with one attached hydrogen (secondary N) is 2. The fourth-order valence-electron chi connectivity index (χ4n) is 1.99. The quantitative estimate of drug-likeness (QED) is 0.763. The Morgan fingerprint density at radius 1 is 1.19 bits per heavy atom. The summed E-state index contributed by atoms with van der Waals surface area (Å²) in [5, 5.41) is 15.1. The maximum atomic E-state index is 11.5. The van der Waals surface area contributed by atoms with Gasteiger partial charge in [-0.25, -0.2) is 0 Å². The number of amides is 1. The smallest absolute Gasteiger partial charge is 0.224 e. The van der Waals surface area contributed by atoms with Crippen LogP contribution < -0.4 is 10.6 Å². The molecule has 3 N–H and O–H groups in total. The van der Waals surface area contributed by atoms with E-state index in [0.717, 1.165) is 22.7 Å². The molecule has 0 radical (unpaired) electrons. The Labute approximate surface area is 124 Å². The molecule has 112 valence electrons. The van der Waals surface area contributed by atoms with Gasteiger partial charge in [0.05, 0.1) is 6.54 Å². The molecule has 0 saturated carbocycles. The summed E-state index contributed by atoms with van der Waals surface area (Å²) in [4.78, 5) is 11.5. The lowest BCUT2D eigenvalue weighted by molar-refractivity contribution is -0.115. The third-order valence-electron chi connectivity index (χ3n) is 3.26. The molecule has 5 nitrogen and oxygen atoms in total. The van der Waals surface area contributed by atoms with Crippen LogP contribution in [0.25, 0.3) is 0 Å². The van der Waals surface area contributed by atoms with Crippen LogP contribution in [0.1, 0.15) is 30.4 Å². The van der Waals surface area contributed by atoms with Crippen LogP contribution in [-0.2, 0) is 17.9 Å². The normalized spacial score (nSPS) is 10.4. The summed E-state index contributed by atoms with van der Waals surface area (Å²) < 4.78 is 5.42. The molecule has 0 atom stereocenters. The van der Waals surface area contributed by atoms with Gasteiger partial charge in [-0.1, -0.05) is 13.0 Å². The van der Waals surface area contributed by atoms with E-state index < -0.39 is 0 Å². The number of carbonyl (C=O) groups excluding carboxylic acids is 1. The fourth-order valence-corrected chi connectivity index (χ4v) is 1.99. The Kier molecular flexibility index (Phi) is 5.00. The van der Waals surface area contributed by atoms with E-state index in [1.54, 1.807) is 6.07 Å². The molecule has 0 saturated heterocycles. The van der Waals surface area contributed by atoms with Crippen molar-refractivity contribution in [1.82, 2.24) is 0 Å². The standard InChI is InChI=1S/C16H20N2O3/c1-3-16(20)18-15-6-4-5-14(11(15)2)17-9-12-7-8-13(10-19)21-12/h4-8,17,19H,3,9-10H2,1-2H3,(H,18,20). The summed E-state index contributed by atoms with van der Waals surface area (Å²) in [7, 11) is 0. The van der Waals surface area contributed by atoms with Gasteiger partial charge in [0, 0.05) is 17.8 Å². The van der Waals surface area contributed by atoms with Crippen molar-refractivity contribution in [1.29, 1.82) is 0 Å². The second-order valence-corrected chi connectivity index (χ2v) is 4.76. The highest BCUT2D eigenvalue weighted by molar-refractivity contribution is 5.92. The van der Waals surface area contributed by atoms with Crippen molar-refractivity contribution >= 4 is 17.3 Å². The molecule has 0 fully saturated rings. The molecule has 2 rings (SSSR count). The number of aliphatic hydroxyl groups is 1. The van der Waals surface area contributed by atoms with E-state index in [9.17, 15) is 4.79 Å². The molecule has 0 aliphatic rings. The zero-order chi connectivity index (χ0) is 15.2. The Morgan fingerprint density at radius 2 is 1.90 bits per heavy atom. The van der Waals surface area contributed by atoms with Crippen molar-refractivity contribution in [2.24, 2.45) is 0 Å². The molecule has 0 unspecified atom stereocenters. The van der Waals surface area contributed by atoms with E-state index in [0.29, 0.717) is 18.7 Å². The number of aliphatic hydroxyl groups excluding tert-OH is 1. The number of rotatable bonds is 6. The van der Waals surface area contributed by atoms with E-state index in [2.05, 4.69) is 10.6 Å². The van der Waals surface area contributed by atoms with Crippen molar-refractivity contribution < 1.29 is 14.3 Å². The summed E-state index contributed by atoms with van der Waals surface area (Å²) in [5.74, 6) is 1.29. The minimum absolute atomic E-state index is 0.00567. The van der Waals surface area contributed by atoms with Crippen LogP contribution in [0.5, 0.6) is 0 Å². The Hall–Kier alpha value is -2.27. The van der Waals surface area contributed by atoms with Crippen LogP contribution in [0, 0.1) is 6.92 Å². The summed E-state index contributed by atoms with van der Waals surface area (Å²) in [6.45, 7) is 4.20. The maximum absolute atomic E-state index is 11.5. The van der Waals surface area contributed by atoms with Gasteiger partial charge in [-0.2, -0.15) is 0 Å². The Morgan fingerprint density at radius 3 is 2.57 bits per heavy atom. The lowest BCUT2D eigenvalue weighted by Crippen LogP contribution is -2.11. The van der Waals surface area contributed by atoms with Gasteiger partial charge in [-0.05, 0) is 36.8 Å². The molecule has 0 aliphatic heterocycles. The van der Waals surface area contributed by atoms with E-state index in [1.807, 2.05) is 38.1 Å². The van der Waals surface area contributed by atoms with Crippen LogP contribution in [0.4, 0.5) is 11.4 Å². The summed E-state index contributed by atoms with van der Waals surface area (Å²) in [5.41, 5.74) is 2.72. The fraction of sp³-hybridized carbons (Fsp3) is 0.312. The molecule has 0 bridgehead atoms. The second kappa shape index (κ2) is 6.95. The lowest BCUT2D eigenvalue weighted by Gasteiger charge is -2.13. The van der Waals surface area contributed by atoms with E-state index >= 15 is 0 Å². The zero-order valence-corrected chi connectivity index (χ0v) is 12.3. The third kappa shape index (κ3) is 3.86. The molecule has 21 heavy (non-hydrogen) atoms. The number of carbonyl (C=O) groups is 1. The van der Waals surface area contributed by atoms with Crippen LogP contribution in [0.15, 0.2) is 34.7 Å². The molecule has 2 aromatic rings. The molecule has 1 aromatic heterocycles. The SMILES string of the molecule is CCC(=O)Nc1cccc(NCc2ccc(CO)o2)c1C. The maximum Gasteiger partial charge on any atom is 0.224 e. The Balaban J connectivity index is 2.06. The topological polar surface area (TPSA) is 74.5 Å². The molecular weight excluding hydrogens is 268 g/mol. The largest absolute Gasteiger partial charge is 0.462 e.